The molecule has 3 aromatic rings. The average molecular weight is 543 g/mol. The van der Waals surface area contributed by atoms with Crippen molar-refractivity contribution >= 4 is 23.8 Å². The van der Waals surface area contributed by atoms with E-state index in [4.69, 9.17) is 4.74 Å². The number of carbonyl (C=O) groups excluding carboxylic acids is 1. The van der Waals surface area contributed by atoms with Gasteiger partial charge in [0.1, 0.15) is 0 Å². The van der Waals surface area contributed by atoms with E-state index in [-0.39, 0.29) is 23.4 Å². The van der Waals surface area contributed by atoms with E-state index in [0.29, 0.717) is 6.42 Å². The van der Waals surface area contributed by atoms with Gasteiger partial charge >= 0.3 is 5.97 Å². The number of carbonyl (C=O) groups is 1. The number of aliphatic hydroxyl groups excluding tert-OH is 1. The van der Waals surface area contributed by atoms with Gasteiger partial charge in [-0.05, 0) is 83.4 Å². The first-order chi connectivity index (χ1) is 18.8. The third-order valence-electron chi connectivity index (χ3n) is 8.54. The number of aliphatic hydroxyl groups is 1. The molecule has 1 N–H and O–H groups in total. The summed E-state index contributed by atoms with van der Waals surface area (Å²) < 4.78 is 4.79. The third-order valence-corrected chi connectivity index (χ3v) is 9.68. The summed E-state index contributed by atoms with van der Waals surface area (Å²) in [5.41, 5.74) is 9.72. The number of ether oxygens (including phenoxy) is 1. The van der Waals surface area contributed by atoms with Gasteiger partial charge < -0.3 is 9.84 Å². The zero-order chi connectivity index (χ0) is 28.0. The second kappa shape index (κ2) is 13.0. The zero-order valence-electron chi connectivity index (χ0n) is 24.0. The molecule has 1 saturated heterocycles. The van der Waals surface area contributed by atoms with E-state index in [1.807, 2.05) is 23.9 Å². The molecule has 0 aromatic heterocycles. The van der Waals surface area contributed by atoms with Gasteiger partial charge in [-0.3, -0.25) is 4.79 Å². The van der Waals surface area contributed by atoms with Crippen molar-refractivity contribution in [3.8, 4) is 11.1 Å². The summed E-state index contributed by atoms with van der Waals surface area (Å²) in [6.45, 7) is 8.97. The molecule has 0 aliphatic carbocycles. The summed E-state index contributed by atoms with van der Waals surface area (Å²) in [7, 11) is 1.42. The van der Waals surface area contributed by atoms with Crippen LogP contribution in [0.1, 0.15) is 66.5 Å². The first-order valence-corrected chi connectivity index (χ1v) is 15.3. The van der Waals surface area contributed by atoms with Crippen LogP contribution >= 0.6 is 11.8 Å². The first-order valence-electron chi connectivity index (χ1n) is 14.1. The van der Waals surface area contributed by atoms with Crippen molar-refractivity contribution < 1.29 is 14.6 Å². The van der Waals surface area contributed by atoms with E-state index < -0.39 is 0 Å². The fourth-order valence-electron chi connectivity index (χ4n) is 5.88. The number of esters is 1. The largest absolute Gasteiger partial charge is 0.469 e. The Morgan fingerprint density at radius 2 is 1.67 bits per heavy atom. The van der Waals surface area contributed by atoms with Crippen molar-refractivity contribution in [2.75, 3.05) is 18.6 Å². The molecule has 206 valence electrons. The Morgan fingerprint density at radius 1 is 1.00 bits per heavy atom. The van der Waals surface area contributed by atoms with Gasteiger partial charge in [0.05, 0.1) is 19.6 Å². The Morgan fingerprint density at radius 3 is 2.26 bits per heavy atom. The number of methoxy groups -OCH3 is 1. The summed E-state index contributed by atoms with van der Waals surface area (Å²) in [6, 6.07) is 22.0. The molecule has 0 spiro atoms. The molecule has 3 nitrogen and oxygen atoms in total. The van der Waals surface area contributed by atoms with Crippen LogP contribution in [0, 0.1) is 19.8 Å². The topological polar surface area (TPSA) is 46.5 Å². The second-order valence-electron chi connectivity index (χ2n) is 10.8. The van der Waals surface area contributed by atoms with Crippen LogP contribution in [-0.4, -0.2) is 35.8 Å². The molecule has 3 aromatic carbocycles. The quantitative estimate of drug-likeness (QED) is 0.279. The first kappa shape index (κ1) is 29.2. The molecule has 4 heteroatoms. The highest BCUT2D eigenvalue weighted by atomic mass is 32.2. The minimum atomic E-state index is -0.223. The molecule has 1 heterocycles. The molecule has 1 aliphatic heterocycles. The molecular formula is C35H42O3S. The van der Waals surface area contributed by atoms with Crippen molar-refractivity contribution in [1.29, 1.82) is 0 Å². The summed E-state index contributed by atoms with van der Waals surface area (Å²) in [5.74, 6) is 2.06. The highest BCUT2D eigenvalue weighted by molar-refractivity contribution is 7.99. The van der Waals surface area contributed by atoms with Crippen LogP contribution in [0.4, 0.5) is 0 Å². The summed E-state index contributed by atoms with van der Waals surface area (Å²) in [5, 5.41) is 10.3. The van der Waals surface area contributed by atoms with Gasteiger partial charge in [-0.1, -0.05) is 86.7 Å². The Bertz CT molecular complexity index is 1300. The van der Waals surface area contributed by atoms with Gasteiger partial charge in [0, 0.05) is 17.1 Å². The number of benzene rings is 3. The van der Waals surface area contributed by atoms with E-state index in [1.165, 1.54) is 40.5 Å². The Balaban J connectivity index is 1.60. The predicted molar refractivity (Wildman–Crippen MR) is 165 cm³/mol. The fraction of sp³-hybridized carbons (Fsp3) is 0.400. The van der Waals surface area contributed by atoms with Gasteiger partial charge in [-0.15, -0.1) is 0 Å². The molecule has 0 amide bonds. The van der Waals surface area contributed by atoms with Crippen LogP contribution in [-0.2, 0) is 21.4 Å². The Labute approximate surface area is 238 Å². The summed E-state index contributed by atoms with van der Waals surface area (Å²) in [6.07, 6.45) is 7.39. The lowest BCUT2D eigenvalue weighted by Gasteiger charge is -2.34. The lowest BCUT2D eigenvalue weighted by molar-refractivity contribution is -0.139. The fourth-order valence-corrected chi connectivity index (χ4v) is 7.06. The van der Waals surface area contributed by atoms with Gasteiger partial charge in [-0.2, -0.15) is 11.8 Å². The van der Waals surface area contributed by atoms with Crippen molar-refractivity contribution in [1.82, 2.24) is 0 Å². The van der Waals surface area contributed by atoms with Crippen LogP contribution in [0.25, 0.3) is 17.2 Å². The van der Waals surface area contributed by atoms with Crippen LogP contribution in [0.5, 0.6) is 0 Å². The monoisotopic (exact) mass is 542 g/mol. The number of hydrogen-bond donors (Lipinski definition) is 1. The lowest BCUT2D eigenvalue weighted by Crippen LogP contribution is -2.26. The van der Waals surface area contributed by atoms with Crippen LogP contribution in [0.2, 0.25) is 0 Å². The van der Waals surface area contributed by atoms with E-state index in [0.717, 1.165) is 41.9 Å². The smallest absolute Gasteiger partial charge is 0.309 e. The molecule has 0 bridgehead atoms. The Hall–Kier alpha value is -2.82. The van der Waals surface area contributed by atoms with Crippen LogP contribution in [0.15, 0.2) is 66.7 Å². The van der Waals surface area contributed by atoms with Crippen molar-refractivity contribution in [3.05, 3.63) is 100 Å². The molecule has 1 aliphatic rings. The normalized spacial score (nSPS) is 17.9. The highest BCUT2D eigenvalue weighted by Gasteiger charge is 2.31. The second-order valence-corrected chi connectivity index (χ2v) is 11.9. The molecule has 4 rings (SSSR count). The van der Waals surface area contributed by atoms with E-state index in [1.54, 1.807) is 0 Å². The van der Waals surface area contributed by atoms with E-state index >= 15 is 0 Å². The average Bonchev–Trinajstić information content (AvgIpc) is 2.95. The maximum atomic E-state index is 11.6. The van der Waals surface area contributed by atoms with Gasteiger partial charge in [0.25, 0.3) is 0 Å². The molecule has 0 radical (unpaired) electrons. The van der Waals surface area contributed by atoms with Crippen molar-refractivity contribution in [2.45, 2.75) is 64.9 Å². The van der Waals surface area contributed by atoms with Gasteiger partial charge in [-0.25, -0.2) is 0 Å². The SMILES string of the molecule is CCC(CC)(c1ccc(C=CC2CSCCC2O)c(C)c1)c1ccc(-c2ccc(CC(=O)OC)cc2)c(C)c1. The number of aryl methyl sites for hydroxylation is 2. The standard InChI is InChI=1S/C35H42O3S/c1-6-35(7-2,30-15-14-27(24(3)20-30)12-13-29-23-39-19-18-33(29)36)31-16-17-32(25(4)21-31)28-10-8-26(9-11-28)22-34(37)38-5/h8-17,20-21,29,33,36H,6-7,18-19,22-23H2,1-5H3. The third kappa shape index (κ3) is 6.50. The van der Waals surface area contributed by atoms with E-state index in [9.17, 15) is 9.90 Å². The maximum absolute atomic E-state index is 11.6. The Kier molecular flexibility index (Phi) is 9.74. The molecule has 39 heavy (non-hydrogen) atoms. The van der Waals surface area contributed by atoms with Crippen molar-refractivity contribution in [2.24, 2.45) is 5.92 Å². The molecule has 2 unspecified atom stereocenters. The van der Waals surface area contributed by atoms with E-state index in [2.05, 4.69) is 88.4 Å². The summed E-state index contributed by atoms with van der Waals surface area (Å²) >= 11 is 1.93. The minimum Gasteiger partial charge on any atom is -0.469 e. The van der Waals surface area contributed by atoms with Crippen molar-refractivity contribution in [3.63, 3.8) is 0 Å². The molecular weight excluding hydrogens is 500 g/mol. The van der Waals surface area contributed by atoms with Gasteiger partial charge in [0.2, 0.25) is 0 Å². The molecule has 1 fully saturated rings. The summed E-state index contributed by atoms with van der Waals surface area (Å²) in [4.78, 5) is 11.6. The predicted octanol–water partition coefficient (Wildman–Crippen LogP) is 7.92. The number of hydrogen-bond acceptors (Lipinski definition) is 4. The molecule has 2 atom stereocenters. The maximum Gasteiger partial charge on any atom is 0.309 e. The zero-order valence-corrected chi connectivity index (χ0v) is 24.8. The minimum absolute atomic E-state index is 0.0587. The number of thioether (sulfide) groups is 1. The number of rotatable bonds is 9. The highest BCUT2D eigenvalue weighted by Crippen LogP contribution is 2.41. The lowest BCUT2D eigenvalue weighted by atomic mass is 9.69. The van der Waals surface area contributed by atoms with Crippen LogP contribution in [0.3, 0.4) is 0 Å². The molecule has 0 saturated carbocycles. The van der Waals surface area contributed by atoms with Gasteiger partial charge in [0.15, 0.2) is 0 Å². The van der Waals surface area contributed by atoms with Crippen LogP contribution < -0.4 is 0 Å².